The summed E-state index contributed by atoms with van der Waals surface area (Å²) < 4.78 is 10.0. The van der Waals surface area contributed by atoms with Crippen LogP contribution in [0.4, 0.5) is 4.79 Å². The molecular weight excluding hydrogens is 361 g/mol. The molecule has 0 unspecified atom stereocenters. The van der Waals surface area contributed by atoms with Crippen LogP contribution in [-0.2, 0) is 10.3 Å². The van der Waals surface area contributed by atoms with E-state index in [9.17, 15) is 4.79 Å². The minimum atomic E-state index is -0.677. The maximum Gasteiger partial charge on any atom is 0.408 e. The van der Waals surface area contributed by atoms with E-state index in [2.05, 4.69) is 15.3 Å². The van der Waals surface area contributed by atoms with Crippen LogP contribution >= 0.6 is 23.0 Å². The molecule has 0 bridgehead atoms. The van der Waals surface area contributed by atoms with E-state index in [1.165, 1.54) is 0 Å². The van der Waals surface area contributed by atoms with Crippen molar-refractivity contribution in [1.29, 1.82) is 0 Å². The third-order valence-corrected chi connectivity index (χ3v) is 3.51. The molecule has 1 aliphatic rings. The number of nitrogens with one attached hydrogen (secondary N) is 1. The quantitative estimate of drug-likeness (QED) is 0.821. The van der Waals surface area contributed by atoms with Crippen molar-refractivity contribution in [2.45, 2.75) is 12.5 Å². The average molecular weight is 371 g/mol. The van der Waals surface area contributed by atoms with Crippen LogP contribution in [0.2, 0.25) is 0 Å². The number of amides is 1. The van der Waals surface area contributed by atoms with Crippen molar-refractivity contribution in [2.24, 2.45) is 0 Å². The highest BCUT2D eigenvalue weighted by Gasteiger charge is 2.39. The molecule has 19 heavy (non-hydrogen) atoms. The molecule has 1 atom stereocenters. The van der Waals surface area contributed by atoms with E-state index in [0.717, 1.165) is 16.7 Å². The Morgan fingerprint density at radius 1 is 1.53 bits per heavy atom. The predicted octanol–water partition coefficient (Wildman–Crippen LogP) is 2.31. The van der Waals surface area contributed by atoms with Crippen LogP contribution < -0.4 is 8.38 Å². The first-order chi connectivity index (χ1) is 9.10. The molecule has 1 aromatic heterocycles. The molecule has 98 valence electrons. The standard InChI is InChI=1S/C12H10IN3O3/c1-12(6-18-11(17)16-12)10-14-5-7-4-8(19-13)2-3-9(7)15-10/h2-5H,6H2,1H3,(H,16,17)/t12-/m0/s1. The van der Waals surface area contributed by atoms with Crippen LogP contribution in [0, 0.1) is 0 Å². The van der Waals surface area contributed by atoms with Crippen LogP contribution in [0.25, 0.3) is 10.9 Å². The van der Waals surface area contributed by atoms with Crippen molar-refractivity contribution in [2.75, 3.05) is 6.61 Å². The minimum Gasteiger partial charge on any atom is -0.447 e. The molecule has 7 heteroatoms. The highest BCUT2D eigenvalue weighted by atomic mass is 127. The minimum absolute atomic E-state index is 0.228. The van der Waals surface area contributed by atoms with Crippen molar-refractivity contribution < 1.29 is 12.6 Å². The monoisotopic (exact) mass is 371 g/mol. The summed E-state index contributed by atoms with van der Waals surface area (Å²) in [6.07, 6.45) is 1.27. The second-order valence-corrected chi connectivity index (χ2v) is 4.97. The summed E-state index contributed by atoms with van der Waals surface area (Å²) in [5, 5.41) is 3.60. The smallest absolute Gasteiger partial charge is 0.408 e. The maximum absolute atomic E-state index is 11.2. The van der Waals surface area contributed by atoms with Crippen LogP contribution in [0.15, 0.2) is 24.4 Å². The zero-order chi connectivity index (χ0) is 13.5. The van der Waals surface area contributed by atoms with Crippen LogP contribution in [0.1, 0.15) is 12.7 Å². The van der Waals surface area contributed by atoms with Gasteiger partial charge in [0.25, 0.3) is 0 Å². The number of hydrogen-bond acceptors (Lipinski definition) is 5. The largest absolute Gasteiger partial charge is 0.447 e. The third-order valence-electron chi connectivity index (χ3n) is 3.00. The Morgan fingerprint density at radius 3 is 3.05 bits per heavy atom. The number of aromatic nitrogens is 2. The second-order valence-electron chi connectivity index (χ2n) is 4.52. The number of nitrogens with zero attached hydrogens (tertiary/aromatic N) is 2. The van der Waals surface area contributed by atoms with Gasteiger partial charge in [0, 0.05) is 11.6 Å². The van der Waals surface area contributed by atoms with Crippen LogP contribution in [-0.4, -0.2) is 22.7 Å². The van der Waals surface area contributed by atoms with E-state index >= 15 is 0 Å². The SMILES string of the molecule is C[C@@]1(c2ncc3cc(OI)ccc3n2)COC(=O)N1. The summed E-state index contributed by atoms with van der Waals surface area (Å²) in [5.74, 6) is 1.28. The molecule has 0 radical (unpaired) electrons. The molecule has 1 N–H and O–H groups in total. The van der Waals surface area contributed by atoms with Gasteiger partial charge in [0.15, 0.2) is 28.8 Å². The maximum atomic E-state index is 11.2. The predicted molar refractivity (Wildman–Crippen MR) is 76.0 cm³/mol. The van der Waals surface area contributed by atoms with Gasteiger partial charge in [-0.25, -0.2) is 14.8 Å². The molecule has 2 aromatic rings. The Morgan fingerprint density at radius 2 is 2.37 bits per heavy atom. The van der Waals surface area contributed by atoms with E-state index < -0.39 is 11.6 Å². The lowest BCUT2D eigenvalue weighted by Crippen LogP contribution is -2.39. The molecule has 1 aromatic carbocycles. The summed E-state index contributed by atoms with van der Waals surface area (Å²) in [7, 11) is 0. The van der Waals surface area contributed by atoms with Gasteiger partial charge in [-0.15, -0.1) is 0 Å². The average Bonchev–Trinajstić information content (AvgIpc) is 2.78. The molecule has 3 rings (SSSR count). The van der Waals surface area contributed by atoms with Gasteiger partial charge in [-0.2, -0.15) is 0 Å². The van der Waals surface area contributed by atoms with Crippen molar-refractivity contribution in [3.8, 4) is 5.75 Å². The molecule has 1 aliphatic heterocycles. The van der Waals surface area contributed by atoms with Crippen LogP contribution in [0.5, 0.6) is 5.75 Å². The Bertz CT molecular complexity index is 664. The van der Waals surface area contributed by atoms with Gasteiger partial charge in [0.2, 0.25) is 0 Å². The van der Waals surface area contributed by atoms with E-state index in [1.54, 1.807) is 6.20 Å². The number of carbonyl (C=O) groups is 1. The van der Waals surface area contributed by atoms with Crippen molar-refractivity contribution in [1.82, 2.24) is 15.3 Å². The second kappa shape index (κ2) is 4.48. The lowest BCUT2D eigenvalue weighted by Gasteiger charge is -2.19. The number of rotatable bonds is 2. The Balaban J connectivity index is 2.05. The molecule has 0 saturated carbocycles. The highest BCUT2D eigenvalue weighted by molar-refractivity contribution is 14.1. The molecule has 6 nitrogen and oxygen atoms in total. The van der Waals surface area contributed by atoms with Crippen molar-refractivity contribution in [3.63, 3.8) is 0 Å². The molecule has 2 heterocycles. The molecule has 1 saturated heterocycles. The van der Waals surface area contributed by atoms with Gasteiger partial charge in [-0.1, -0.05) is 0 Å². The number of hydrogen-bond donors (Lipinski definition) is 1. The summed E-state index contributed by atoms with van der Waals surface area (Å²) in [5.41, 5.74) is 0.119. The summed E-state index contributed by atoms with van der Waals surface area (Å²) >= 11 is 1.82. The fourth-order valence-corrected chi connectivity index (χ4v) is 2.23. The summed E-state index contributed by atoms with van der Waals surface area (Å²) in [4.78, 5) is 20.0. The van der Waals surface area contributed by atoms with E-state index in [4.69, 9.17) is 7.80 Å². The topological polar surface area (TPSA) is 73.3 Å². The number of benzene rings is 1. The Labute approximate surface area is 123 Å². The molecular formula is C12H10IN3O3. The van der Waals surface area contributed by atoms with Gasteiger partial charge in [0.1, 0.15) is 17.9 Å². The van der Waals surface area contributed by atoms with Crippen LogP contribution in [0.3, 0.4) is 0 Å². The fraction of sp³-hybridized carbons (Fsp3) is 0.250. The number of ether oxygens (including phenoxy) is 1. The highest BCUT2D eigenvalue weighted by Crippen LogP contribution is 2.25. The third kappa shape index (κ3) is 2.18. The zero-order valence-corrected chi connectivity index (χ0v) is 12.2. The van der Waals surface area contributed by atoms with E-state index in [0.29, 0.717) is 5.82 Å². The number of alkyl carbamates (subject to hydrolysis) is 1. The summed E-state index contributed by atoms with van der Waals surface area (Å²) in [6.45, 7) is 2.06. The number of fused-ring (bicyclic) bond motifs is 1. The van der Waals surface area contributed by atoms with Gasteiger partial charge in [0.05, 0.1) is 5.52 Å². The Hall–Kier alpha value is -1.64. The van der Waals surface area contributed by atoms with Crippen molar-refractivity contribution >= 4 is 40.0 Å². The zero-order valence-electron chi connectivity index (χ0n) is 10.0. The first kappa shape index (κ1) is 12.4. The first-order valence-corrected chi connectivity index (χ1v) is 6.50. The molecule has 1 amide bonds. The normalized spacial score (nSPS) is 22.1. The van der Waals surface area contributed by atoms with Crippen molar-refractivity contribution in [3.05, 3.63) is 30.2 Å². The molecule has 0 aliphatic carbocycles. The van der Waals surface area contributed by atoms with E-state index in [1.807, 2.05) is 48.1 Å². The fourth-order valence-electron chi connectivity index (χ4n) is 1.95. The molecule has 0 spiro atoms. The van der Waals surface area contributed by atoms with Gasteiger partial charge < -0.3 is 13.1 Å². The molecule has 1 fully saturated rings. The van der Waals surface area contributed by atoms with Gasteiger partial charge >= 0.3 is 6.09 Å². The number of cyclic esters (lactones) is 1. The van der Waals surface area contributed by atoms with E-state index in [-0.39, 0.29) is 6.61 Å². The first-order valence-electron chi connectivity index (χ1n) is 5.61. The van der Waals surface area contributed by atoms with Gasteiger partial charge in [-0.05, 0) is 25.1 Å². The summed E-state index contributed by atoms with van der Waals surface area (Å²) in [6, 6.07) is 5.55. The Kier molecular flexibility index (Phi) is 2.92. The van der Waals surface area contributed by atoms with Gasteiger partial charge in [-0.3, -0.25) is 0 Å². The number of carbonyl (C=O) groups excluding carboxylic acids is 1. The lowest BCUT2D eigenvalue weighted by molar-refractivity contribution is 0.172. The lowest BCUT2D eigenvalue weighted by atomic mass is 10.0. The number of halogens is 1.